The molecule has 0 aliphatic rings. The molecule has 0 saturated carbocycles. The smallest absolute Gasteiger partial charge is 0.273 e. The summed E-state index contributed by atoms with van der Waals surface area (Å²) in [6.45, 7) is 2.47. The number of methoxy groups -OCH3 is 1. The van der Waals surface area contributed by atoms with Gasteiger partial charge in [0.15, 0.2) is 0 Å². The summed E-state index contributed by atoms with van der Waals surface area (Å²) in [5.74, 6) is 0.137. The van der Waals surface area contributed by atoms with Crippen LogP contribution in [0.3, 0.4) is 0 Å². The number of hydrazine groups is 1. The first-order valence-corrected chi connectivity index (χ1v) is 9.41. The zero-order valence-corrected chi connectivity index (χ0v) is 17.4. The van der Waals surface area contributed by atoms with Gasteiger partial charge in [-0.05, 0) is 58.7 Å². The number of ether oxygens (including phenoxy) is 2. The Labute approximate surface area is 168 Å². The van der Waals surface area contributed by atoms with E-state index in [9.17, 15) is 9.59 Å². The van der Waals surface area contributed by atoms with E-state index >= 15 is 0 Å². The number of hydrogen-bond donors (Lipinski definition) is 2. The van der Waals surface area contributed by atoms with Crippen molar-refractivity contribution >= 4 is 43.7 Å². The predicted molar refractivity (Wildman–Crippen MR) is 106 cm³/mol. The van der Waals surface area contributed by atoms with E-state index in [0.29, 0.717) is 33.7 Å². The van der Waals surface area contributed by atoms with Crippen LogP contribution in [0, 0.1) is 0 Å². The van der Waals surface area contributed by atoms with Crippen LogP contribution in [0.2, 0.25) is 0 Å². The summed E-state index contributed by atoms with van der Waals surface area (Å²) in [7, 11) is 1.54. The molecule has 2 rings (SSSR count). The molecule has 0 spiro atoms. The van der Waals surface area contributed by atoms with Gasteiger partial charge in [-0.2, -0.15) is 0 Å². The largest absolute Gasteiger partial charge is 0.496 e. The molecule has 0 bridgehead atoms. The molecule has 2 N–H and O–H groups in total. The highest BCUT2D eigenvalue weighted by molar-refractivity contribution is 9.10. The maximum atomic E-state index is 12.4. The van der Waals surface area contributed by atoms with Crippen LogP contribution in [0.25, 0.3) is 0 Å². The molecule has 0 aromatic heterocycles. The fourth-order valence-corrected chi connectivity index (χ4v) is 2.98. The molecule has 26 heavy (non-hydrogen) atoms. The summed E-state index contributed by atoms with van der Waals surface area (Å²) in [4.78, 5) is 24.7. The van der Waals surface area contributed by atoms with Crippen molar-refractivity contribution in [3.8, 4) is 11.5 Å². The minimum Gasteiger partial charge on any atom is -0.496 e. The number of amides is 2. The van der Waals surface area contributed by atoms with E-state index in [0.717, 1.165) is 10.9 Å². The molecule has 2 aromatic carbocycles. The Morgan fingerprint density at radius 1 is 1.00 bits per heavy atom. The maximum absolute atomic E-state index is 12.4. The van der Waals surface area contributed by atoms with Crippen LogP contribution in [-0.2, 0) is 0 Å². The van der Waals surface area contributed by atoms with Gasteiger partial charge < -0.3 is 9.47 Å². The summed E-state index contributed by atoms with van der Waals surface area (Å²) in [5.41, 5.74) is 5.49. The molecule has 0 aliphatic carbocycles. The minimum absolute atomic E-state index is 0.323. The van der Waals surface area contributed by atoms with Gasteiger partial charge in [0.1, 0.15) is 11.5 Å². The molecule has 2 amide bonds. The van der Waals surface area contributed by atoms with E-state index in [1.165, 1.54) is 7.11 Å². The lowest BCUT2D eigenvalue weighted by atomic mass is 10.2. The number of rotatable bonds is 6. The van der Waals surface area contributed by atoms with Crippen LogP contribution in [0.1, 0.15) is 34.1 Å². The van der Waals surface area contributed by atoms with Crippen molar-refractivity contribution in [2.24, 2.45) is 0 Å². The number of benzene rings is 2. The number of carbonyl (C=O) groups is 2. The Bertz CT molecular complexity index is 812. The summed E-state index contributed by atoms with van der Waals surface area (Å²) < 4.78 is 12.1. The van der Waals surface area contributed by atoms with Crippen LogP contribution < -0.4 is 20.3 Å². The second kappa shape index (κ2) is 9.59. The van der Waals surface area contributed by atoms with E-state index in [1.807, 2.05) is 6.92 Å². The van der Waals surface area contributed by atoms with Crippen molar-refractivity contribution < 1.29 is 19.1 Å². The fraction of sp³-hybridized carbons (Fsp3) is 0.222. The van der Waals surface area contributed by atoms with Crippen LogP contribution in [0.4, 0.5) is 0 Å². The lowest BCUT2D eigenvalue weighted by molar-refractivity contribution is 0.0844. The van der Waals surface area contributed by atoms with E-state index in [1.54, 1.807) is 36.4 Å². The van der Waals surface area contributed by atoms with Crippen LogP contribution >= 0.6 is 31.9 Å². The monoisotopic (exact) mass is 484 g/mol. The summed E-state index contributed by atoms with van der Waals surface area (Å²) in [5, 5.41) is 0. The zero-order valence-electron chi connectivity index (χ0n) is 14.3. The van der Waals surface area contributed by atoms with E-state index < -0.39 is 11.8 Å². The Balaban J connectivity index is 2.07. The average molecular weight is 486 g/mol. The van der Waals surface area contributed by atoms with Gasteiger partial charge in [0, 0.05) is 10.0 Å². The first kappa shape index (κ1) is 20.3. The quantitative estimate of drug-likeness (QED) is 0.604. The lowest BCUT2D eigenvalue weighted by Gasteiger charge is -2.13. The predicted octanol–water partition coefficient (Wildman–Crippen LogP) is 4.08. The zero-order chi connectivity index (χ0) is 19.1. The van der Waals surface area contributed by atoms with E-state index in [2.05, 4.69) is 42.7 Å². The molecule has 8 heteroatoms. The molecule has 0 saturated heterocycles. The van der Waals surface area contributed by atoms with Gasteiger partial charge in [0.2, 0.25) is 0 Å². The Kier molecular flexibility index (Phi) is 7.47. The standard InChI is InChI=1S/C18H18Br2N2O4/c1-3-8-26-15-7-5-12(19)10-13(15)18(24)22-21-17(23)11-4-6-16(25-2)14(20)9-11/h4-7,9-10H,3,8H2,1-2H3,(H,21,23)(H,22,24). The van der Waals surface area contributed by atoms with Crippen molar-refractivity contribution in [3.63, 3.8) is 0 Å². The molecule has 0 aliphatic heterocycles. The Morgan fingerprint density at radius 3 is 2.35 bits per heavy atom. The molecule has 2 aromatic rings. The van der Waals surface area contributed by atoms with E-state index in [4.69, 9.17) is 9.47 Å². The summed E-state index contributed by atoms with van der Waals surface area (Å²) >= 11 is 6.65. The highest BCUT2D eigenvalue weighted by atomic mass is 79.9. The first-order chi connectivity index (χ1) is 12.5. The molecule has 138 valence electrons. The third-order valence-corrected chi connectivity index (χ3v) is 4.46. The van der Waals surface area contributed by atoms with Gasteiger partial charge in [-0.3, -0.25) is 20.4 Å². The SMILES string of the molecule is CCCOc1ccc(Br)cc1C(=O)NNC(=O)c1ccc(OC)c(Br)c1. The van der Waals surface area contributed by atoms with Crippen molar-refractivity contribution in [2.75, 3.05) is 13.7 Å². The number of halogens is 2. The molecule has 0 atom stereocenters. The molecule has 0 heterocycles. The molecule has 0 radical (unpaired) electrons. The Hall–Kier alpha value is -2.06. The van der Waals surface area contributed by atoms with Gasteiger partial charge >= 0.3 is 0 Å². The summed E-state index contributed by atoms with van der Waals surface area (Å²) in [6, 6.07) is 9.99. The lowest BCUT2D eigenvalue weighted by Crippen LogP contribution is -2.41. The first-order valence-electron chi connectivity index (χ1n) is 7.82. The minimum atomic E-state index is -0.474. The average Bonchev–Trinajstić information content (AvgIpc) is 2.64. The highest BCUT2D eigenvalue weighted by Gasteiger charge is 2.15. The molecule has 0 unspecified atom stereocenters. The van der Waals surface area contributed by atoms with Crippen molar-refractivity contribution in [1.82, 2.24) is 10.9 Å². The van der Waals surface area contributed by atoms with Crippen LogP contribution in [-0.4, -0.2) is 25.5 Å². The highest BCUT2D eigenvalue weighted by Crippen LogP contribution is 2.25. The normalized spacial score (nSPS) is 10.2. The number of carbonyl (C=O) groups excluding carboxylic acids is 2. The van der Waals surface area contributed by atoms with Crippen molar-refractivity contribution in [1.29, 1.82) is 0 Å². The molecule has 6 nitrogen and oxygen atoms in total. The maximum Gasteiger partial charge on any atom is 0.273 e. The Morgan fingerprint density at radius 2 is 1.69 bits per heavy atom. The third kappa shape index (κ3) is 5.22. The van der Waals surface area contributed by atoms with Crippen molar-refractivity contribution in [3.05, 3.63) is 56.5 Å². The van der Waals surface area contributed by atoms with Gasteiger partial charge in [0.05, 0.1) is 23.8 Å². The second-order valence-electron chi connectivity index (χ2n) is 5.25. The number of nitrogens with one attached hydrogen (secondary N) is 2. The second-order valence-corrected chi connectivity index (χ2v) is 7.02. The number of hydrogen-bond acceptors (Lipinski definition) is 4. The fourth-order valence-electron chi connectivity index (χ4n) is 2.08. The molecule has 0 fully saturated rings. The van der Waals surface area contributed by atoms with Gasteiger partial charge in [0.25, 0.3) is 11.8 Å². The topological polar surface area (TPSA) is 76.7 Å². The molecular weight excluding hydrogens is 468 g/mol. The third-order valence-electron chi connectivity index (χ3n) is 3.35. The summed E-state index contributed by atoms with van der Waals surface area (Å²) in [6.07, 6.45) is 0.820. The van der Waals surface area contributed by atoms with Crippen LogP contribution in [0.15, 0.2) is 45.3 Å². The molecular formula is C18H18Br2N2O4. The van der Waals surface area contributed by atoms with Gasteiger partial charge in [-0.25, -0.2) is 0 Å². The van der Waals surface area contributed by atoms with Crippen LogP contribution in [0.5, 0.6) is 11.5 Å². The van der Waals surface area contributed by atoms with Gasteiger partial charge in [-0.15, -0.1) is 0 Å². The van der Waals surface area contributed by atoms with Crippen molar-refractivity contribution in [2.45, 2.75) is 13.3 Å². The van der Waals surface area contributed by atoms with Gasteiger partial charge in [-0.1, -0.05) is 22.9 Å². The van der Waals surface area contributed by atoms with E-state index in [-0.39, 0.29) is 0 Å².